The van der Waals surface area contributed by atoms with Gasteiger partial charge in [-0.05, 0) is 25.7 Å². The van der Waals surface area contributed by atoms with Crippen molar-refractivity contribution in [3.8, 4) is 0 Å². The van der Waals surface area contributed by atoms with Gasteiger partial charge in [0.05, 0.1) is 6.26 Å². The summed E-state index contributed by atoms with van der Waals surface area (Å²) in [5, 5.41) is 0. The second-order valence-electron chi connectivity index (χ2n) is 2.69. The molecule has 1 saturated carbocycles. The van der Waals surface area contributed by atoms with Crippen molar-refractivity contribution in [1.82, 2.24) is 4.72 Å². The van der Waals surface area contributed by atoms with Crippen molar-refractivity contribution in [2.24, 2.45) is 0 Å². The van der Waals surface area contributed by atoms with E-state index in [1.165, 1.54) is 6.26 Å². The van der Waals surface area contributed by atoms with Crippen LogP contribution in [0.1, 0.15) is 19.3 Å². The van der Waals surface area contributed by atoms with E-state index in [0.717, 1.165) is 19.3 Å². The van der Waals surface area contributed by atoms with Crippen molar-refractivity contribution >= 4 is 10.0 Å². The molecule has 1 rings (SSSR count). The summed E-state index contributed by atoms with van der Waals surface area (Å²) in [4.78, 5) is 0. The number of hydrogen-bond acceptors (Lipinski definition) is 2. The summed E-state index contributed by atoms with van der Waals surface area (Å²) in [6.45, 7) is 0. The molecule has 3 nitrogen and oxygen atoms in total. The van der Waals surface area contributed by atoms with Crippen LogP contribution >= 0.6 is 0 Å². The molecule has 0 saturated heterocycles. The largest absolute Gasteiger partial charge is 0.213 e. The zero-order valence-corrected chi connectivity index (χ0v) is 6.82. The van der Waals surface area contributed by atoms with Gasteiger partial charge in [-0.1, -0.05) is 0 Å². The second-order valence-corrected chi connectivity index (χ2v) is 4.47. The Morgan fingerprint density at radius 3 is 2.70 bits per heavy atom. The summed E-state index contributed by atoms with van der Waals surface area (Å²) in [5.41, 5.74) is 0. The molecule has 0 aromatic rings. The lowest BCUT2D eigenvalue weighted by Gasteiger charge is -2.07. The molecule has 1 atom stereocenters. The zero-order valence-electron chi connectivity index (χ0n) is 6.00. The Balaban J connectivity index is 2.38. The monoisotopic (exact) mass is 162 g/mol. The van der Waals surface area contributed by atoms with E-state index in [2.05, 4.69) is 11.1 Å². The number of rotatable bonds is 2. The van der Waals surface area contributed by atoms with Crippen LogP contribution < -0.4 is 4.72 Å². The van der Waals surface area contributed by atoms with Gasteiger partial charge < -0.3 is 0 Å². The van der Waals surface area contributed by atoms with Crippen molar-refractivity contribution in [2.45, 2.75) is 25.3 Å². The molecule has 0 amide bonds. The normalized spacial score (nSPS) is 21.7. The molecule has 0 spiro atoms. The van der Waals surface area contributed by atoms with E-state index < -0.39 is 10.0 Å². The third-order valence-corrected chi connectivity index (χ3v) is 2.31. The fourth-order valence-corrected chi connectivity index (χ4v) is 1.99. The highest BCUT2D eigenvalue weighted by molar-refractivity contribution is 7.88. The third kappa shape index (κ3) is 2.66. The minimum Gasteiger partial charge on any atom is -0.213 e. The van der Waals surface area contributed by atoms with E-state index in [1.54, 1.807) is 0 Å². The molecular weight excluding hydrogens is 150 g/mol. The minimum absolute atomic E-state index is 0.162. The quantitative estimate of drug-likeness (QED) is 0.634. The van der Waals surface area contributed by atoms with E-state index in [9.17, 15) is 8.42 Å². The van der Waals surface area contributed by atoms with E-state index in [4.69, 9.17) is 0 Å². The number of sulfonamides is 1. The van der Waals surface area contributed by atoms with Crippen molar-refractivity contribution in [1.29, 1.82) is 0 Å². The Labute approximate surface area is 61.9 Å². The lowest BCUT2D eigenvalue weighted by atomic mass is 10.3. The highest BCUT2D eigenvalue weighted by Crippen LogP contribution is 2.16. The van der Waals surface area contributed by atoms with Gasteiger partial charge in [0.15, 0.2) is 0 Å². The first kappa shape index (κ1) is 8.01. The average molecular weight is 162 g/mol. The van der Waals surface area contributed by atoms with Crippen LogP contribution in [0.25, 0.3) is 0 Å². The van der Waals surface area contributed by atoms with E-state index >= 15 is 0 Å². The van der Waals surface area contributed by atoms with Crippen LogP contribution in [0.15, 0.2) is 0 Å². The first-order chi connectivity index (χ1) is 4.58. The molecule has 59 valence electrons. The summed E-state index contributed by atoms with van der Waals surface area (Å²) in [7, 11) is -2.98. The molecule has 0 aromatic carbocycles. The molecular formula is C6H12NO2S. The lowest BCUT2D eigenvalue weighted by Crippen LogP contribution is -2.31. The minimum atomic E-state index is -2.98. The molecule has 1 aliphatic rings. The highest BCUT2D eigenvalue weighted by atomic mass is 32.2. The maximum Gasteiger partial charge on any atom is 0.208 e. The standard InChI is InChI=1S/C6H12NO2S/c1-10(8,9)7-6-4-2-3-5-6/h2,6-7H,3-5H2,1H3. The molecule has 0 heterocycles. The van der Waals surface area contributed by atoms with Crippen molar-refractivity contribution < 1.29 is 8.42 Å². The SMILES string of the molecule is CS(=O)(=O)NC1C[CH]CC1. The first-order valence-electron chi connectivity index (χ1n) is 3.37. The maximum absolute atomic E-state index is 10.7. The van der Waals surface area contributed by atoms with Crippen LogP contribution in [0.5, 0.6) is 0 Å². The van der Waals surface area contributed by atoms with Gasteiger partial charge in [-0.15, -0.1) is 0 Å². The topological polar surface area (TPSA) is 46.2 Å². The maximum atomic E-state index is 10.7. The summed E-state index contributed by atoms with van der Waals surface area (Å²) >= 11 is 0. The Morgan fingerprint density at radius 1 is 1.60 bits per heavy atom. The summed E-state index contributed by atoms with van der Waals surface area (Å²) in [6, 6.07) is 0.162. The fraction of sp³-hybridized carbons (Fsp3) is 0.833. The van der Waals surface area contributed by atoms with Gasteiger partial charge in [-0.2, -0.15) is 0 Å². The zero-order chi connectivity index (χ0) is 7.61. The molecule has 4 heteroatoms. The highest BCUT2D eigenvalue weighted by Gasteiger charge is 2.17. The predicted molar refractivity (Wildman–Crippen MR) is 39.9 cm³/mol. The van der Waals surface area contributed by atoms with E-state index in [1.807, 2.05) is 0 Å². The van der Waals surface area contributed by atoms with Crippen molar-refractivity contribution in [2.75, 3.05) is 6.26 Å². The Morgan fingerprint density at radius 2 is 2.30 bits per heavy atom. The van der Waals surface area contributed by atoms with Crippen LogP contribution in [0.2, 0.25) is 0 Å². The van der Waals surface area contributed by atoms with Gasteiger partial charge in [0.1, 0.15) is 0 Å². The molecule has 1 radical (unpaired) electrons. The van der Waals surface area contributed by atoms with Crippen LogP contribution in [-0.2, 0) is 10.0 Å². The smallest absolute Gasteiger partial charge is 0.208 e. The molecule has 1 N–H and O–H groups in total. The Hall–Kier alpha value is -0.0900. The van der Waals surface area contributed by atoms with E-state index in [-0.39, 0.29) is 6.04 Å². The van der Waals surface area contributed by atoms with Gasteiger partial charge in [0.2, 0.25) is 10.0 Å². The van der Waals surface area contributed by atoms with Crippen LogP contribution in [0.4, 0.5) is 0 Å². The molecule has 1 fully saturated rings. The molecule has 1 aliphatic carbocycles. The molecule has 0 aliphatic heterocycles. The molecule has 0 bridgehead atoms. The molecule has 10 heavy (non-hydrogen) atoms. The Kier molecular flexibility index (Phi) is 2.31. The first-order valence-corrected chi connectivity index (χ1v) is 5.26. The second kappa shape index (κ2) is 2.88. The summed E-state index contributed by atoms with van der Waals surface area (Å²) in [6.07, 6.45) is 6.18. The van der Waals surface area contributed by atoms with Gasteiger partial charge in [-0.3, -0.25) is 0 Å². The van der Waals surface area contributed by atoms with E-state index in [0.29, 0.717) is 0 Å². The lowest BCUT2D eigenvalue weighted by molar-refractivity contribution is 0.560. The summed E-state index contributed by atoms with van der Waals surface area (Å²) in [5.74, 6) is 0. The third-order valence-electron chi connectivity index (χ3n) is 1.55. The van der Waals surface area contributed by atoms with Crippen LogP contribution in [0.3, 0.4) is 0 Å². The van der Waals surface area contributed by atoms with Gasteiger partial charge in [-0.25, -0.2) is 13.1 Å². The van der Waals surface area contributed by atoms with Crippen molar-refractivity contribution in [3.05, 3.63) is 6.42 Å². The van der Waals surface area contributed by atoms with Gasteiger partial charge in [0.25, 0.3) is 0 Å². The molecule has 1 unspecified atom stereocenters. The van der Waals surface area contributed by atoms with Crippen molar-refractivity contribution in [3.63, 3.8) is 0 Å². The number of hydrogen-bond donors (Lipinski definition) is 1. The predicted octanol–water partition coefficient (Wildman–Crippen LogP) is 0.292. The Bertz CT molecular complexity index is 192. The molecule has 0 aromatic heterocycles. The average Bonchev–Trinajstić information content (AvgIpc) is 2.12. The van der Waals surface area contributed by atoms with Gasteiger partial charge >= 0.3 is 0 Å². The number of nitrogens with one attached hydrogen (secondary N) is 1. The van der Waals surface area contributed by atoms with Crippen LogP contribution in [-0.4, -0.2) is 20.7 Å². The fourth-order valence-electron chi connectivity index (χ4n) is 1.17. The van der Waals surface area contributed by atoms with Crippen LogP contribution in [0, 0.1) is 6.42 Å². The summed E-state index contributed by atoms with van der Waals surface area (Å²) < 4.78 is 23.9. The van der Waals surface area contributed by atoms with Gasteiger partial charge in [0, 0.05) is 6.04 Å².